The molecule has 1 aromatic heterocycles. The number of benzene rings is 2. The van der Waals surface area contributed by atoms with Crippen molar-refractivity contribution >= 4 is 34.2 Å². The second-order valence-corrected chi connectivity index (χ2v) is 11.4. The fourth-order valence-electron chi connectivity index (χ4n) is 6.33. The molecule has 3 aliphatic rings. The summed E-state index contributed by atoms with van der Waals surface area (Å²) in [5.41, 5.74) is 0.148. The molecule has 6 rings (SSSR count). The molecule has 2 aliphatic heterocycles. The standard InChI is InChI=1S/C32H31N3O7/c1-15-27(38)25(17(3)36)29-26(28(15)39)32(4)23(42-29)14-22(37)24(30(32)40)16(2)33-19-9-11-35(12-10-19)31(41)21-13-18-7-5-6-8-20(18)34-21/h5-8,13-14,19,33-34,38-39H,9-12H2,1-4H3/b24-16+/t32-/m1/s1. The Balaban J connectivity index is 1.24. The third-order valence-electron chi connectivity index (χ3n) is 8.72. The van der Waals surface area contributed by atoms with Gasteiger partial charge in [0.25, 0.3) is 5.91 Å². The van der Waals surface area contributed by atoms with Gasteiger partial charge in [-0.2, -0.15) is 0 Å². The molecule has 0 saturated carbocycles. The lowest BCUT2D eigenvalue weighted by molar-refractivity contribution is -0.123. The maximum Gasteiger partial charge on any atom is 0.270 e. The minimum absolute atomic E-state index is 0.00403. The number of aromatic hydroxyl groups is 2. The maximum atomic E-state index is 14.0. The van der Waals surface area contributed by atoms with Gasteiger partial charge in [-0.1, -0.05) is 18.2 Å². The number of nitrogens with one attached hydrogen (secondary N) is 2. The van der Waals surface area contributed by atoms with Gasteiger partial charge in [0, 0.05) is 47.4 Å². The number of Topliss-reactive ketones (excluding diaryl/α,β-unsaturated/α-hetero) is 2. The summed E-state index contributed by atoms with van der Waals surface area (Å²) in [7, 11) is 0. The van der Waals surface area contributed by atoms with E-state index in [1.807, 2.05) is 30.3 Å². The van der Waals surface area contributed by atoms with Gasteiger partial charge in [-0.05, 0) is 52.7 Å². The number of rotatable bonds is 4. The number of piperidine rings is 1. The van der Waals surface area contributed by atoms with E-state index in [0.717, 1.165) is 10.9 Å². The number of hydrogen-bond acceptors (Lipinski definition) is 8. The Labute approximate surface area is 241 Å². The second kappa shape index (κ2) is 9.61. The van der Waals surface area contributed by atoms with Crippen LogP contribution in [0.4, 0.5) is 0 Å². The average Bonchev–Trinajstić information content (AvgIpc) is 3.51. The molecule has 2 aromatic carbocycles. The number of carbonyl (C=O) groups is 4. The van der Waals surface area contributed by atoms with Gasteiger partial charge in [0.1, 0.15) is 39.7 Å². The average molecular weight is 570 g/mol. The Morgan fingerprint density at radius 2 is 1.79 bits per heavy atom. The molecular formula is C32H31N3O7. The van der Waals surface area contributed by atoms with Crippen molar-refractivity contribution in [3.63, 3.8) is 0 Å². The van der Waals surface area contributed by atoms with Gasteiger partial charge in [0.2, 0.25) is 0 Å². The van der Waals surface area contributed by atoms with E-state index in [4.69, 9.17) is 4.74 Å². The van der Waals surface area contributed by atoms with Gasteiger partial charge >= 0.3 is 0 Å². The molecule has 0 radical (unpaired) electrons. The number of phenols is 2. The van der Waals surface area contributed by atoms with Crippen molar-refractivity contribution in [3.8, 4) is 17.2 Å². The largest absolute Gasteiger partial charge is 0.507 e. The Hall–Kier alpha value is -4.86. The van der Waals surface area contributed by atoms with Crippen LogP contribution in [0.5, 0.6) is 17.2 Å². The van der Waals surface area contributed by atoms with Crippen LogP contribution in [0.25, 0.3) is 10.9 Å². The van der Waals surface area contributed by atoms with Crippen LogP contribution in [0.15, 0.2) is 53.4 Å². The highest BCUT2D eigenvalue weighted by Gasteiger charge is 2.56. The molecule has 1 saturated heterocycles. The molecule has 1 amide bonds. The number of para-hydroxylation sites is 1. The van der Waals surface area contributed by atoms with Crippen molar-refractivity contribution in [1.29, 1.82) is 0 Å². The number of fused-ring (bicyclic) bond motifs is 4. The van der Waals surface area contributed by atoms with Gasteiger partial charge in [-0.25, -0.2) is 0 Å². The summed E-state index contributed by atoms with van der Waals surface area (Å²) in [6, 6.07) is 9.49. The molecular weight excluding hydrogens is 538 g/mol. The lowest BCUT2D eigenvalue weighted by atomic mass is 9.70. The van der Waals surface area contributed by atoms with E-state index < -0.39 is 28.5 Å². The van der Waals surface area contributed by atoms with Crippen molar-refractivity contribution in [2.45, 2.75) is 52.0 Å². The number of hydrogen-bond donors (Lipinski definition) is 4. The molecule has 10 nitrogen and oxygen atoms in total. The van der Waals surface area contributed by atoms with E-state index in [1.54, 1.807) is 18.7 Å². The minimum atomic E-state index is -1.57. The lowest BCUT2D eigenvalue weighted by Gasteiger charge is -2.34. The van der Waals surface area contributed by atoms with Gasteiger partial charge < -0.3 is 30.2 Å². The summed E-state index contributed by atoms with van der Waals surface area (Å²) in [6.07, 6.45) is 2.44. The van der Waals surface area contributed by atoms with Gasteiger partial charge in [0.05, 0.1) is 11.1 Å². The van der Waals surface area contributed by atoms with E-state index in [-0.39, 0.29) is 51.5 Å². The molecule has 42 heavy (non-hydrogen) atoms. The van der Waals surface area contributed by atoms with Gasteiger partial charge in [-0.3, -0.25) is 19.2 Å². The topological polar surface area (TPSA) is 149 Å². The van der Waals surface area contributed by atoms with Crippen LogP contribution in [-0.2, 0) is 15.0 Å². The zero-order valence-corrected chi connectivity index (χ0v) is 23.8. The molecule has 1 atom stereocenters. The highest BCUT2D eigenvalue weighted by molar-refractivity contribution is 6.31. The first-order valence-electron chi connectivity index (χ1n) is 13.9. The second-order valence-electron chi connectivity index (χ2n) is 11.4. The first-order valence-corrected chi connectivity index (χ1v) is 13.9. The van der Waals surface area contributed by atoms with E-state index >= 15 is 0 Å². The van der Waals surface area contributed by atoms with Crippen LogP contribution < -0.4 is 10.1 Å². The predicted octanol–water partition coefficient (Wildman–Crippen LogP) is 3.94. The first kappa shape index (κ1) is 27.3. The Morgan fingerprint density at radius 1 is 1.10 bits per heavy atom. The number of likely N-dealkylation sites (tertiary alicyclic amines) is 1. The zero-order chi connectivity index (χ0) is 30.1. The fourth-order valence-corrected chi connectivity index (χ4v) is 6.33. The van der Waals surface area contributed by atoms with Crippen LogP contribution in [-0.4, -0.2) is 62.5 Å². The molecule has 10 heteroatoms. The monoisotopic (exact) mass is 569 g/mol. The minimum Gasteiger partial charge on any atom is -0.507 e. The predicted molar refractivity (Wildman–Crippen MR) is 154 cm³/mol. The van der Waals surface area contributed by atoms with Crippen LogP contribution in [0.1, 0.15) is 65.6 Å². The summed E-state index contributed by atoms with van der Waals surface area (Å²) < 4.78 is 5.83. The lowest BCUT2D eigenvalue weighted by Crippen LogP contribution is -2.46. The van der Waals surface area contributed by atoms with Gasteiger partial charge in [0.15, 0.2) is 17.3 Å². The number of ketones is 3. The summed E-state index contributed by atoms with van der Waals surface area (Å²) >= 11 is 0. The number of aromatic nitrogens is 1. The third kappa shape index (κ3) is 3.93. The van der Waals surface area contributed by atoms with Crippen LogP contribution in [0, 0.1) is 6.92 Å². The fraction of sp³-hybridized carbons (Fsp3) is 0.312. The zero-order valence-electron chi connectivity index (χ0n) is 23.8. The van der Waals surface area contributed by atoms with Crippen LogP contribution in [0.3, 0.4) is 0 Å². The summed E-state index contributed by atoms with van der Waals surface area (Å²) in [5, 5.41) is 25.8. The Morgan fingerprint density at radius 3 is 2.45 bits per heavy atom. The van der Waals surface area contributed by atoms with E-state index in [2.05, 4.69) is 10.3 Å². The van der Waals surface area contributed by atoms with Crippen molar-refractivity contribution in [2.75, 3.05) is 13.1 Å². The van der Waals surface area contributed by atoms with Crippen LogP contribution >= 0.6 is 0 Å². The van der Waals surface area contributed by atoms with E-state index in [1.165, 1.54) is 19.9 Å². The summed E-state index contributed by atoms with van der Waals surface area (Å²) in [5.74, 6) is -2.61. The third-order valence-corrected chi connectivity index (χ3v) is 8.72. The highest BCUT2D eigenvalue weighted by Crippen LogP contribution is 2.57. The number of carbonyl (C=O) groups excluding carboxylic acids is 4. The number of allylic oxidation sites excluding steroid dienone is 4. The number of amides is 1. The number of phenolic OH excluding ortho intramolecular Hbond substituents is 2. The highest BCUT2D eigenvalue weighted by atomic mass is 16.5. The summed E-state index contributed by atoms with van der Waals surface area (Å²) in [6.45, 7) is 6.91. The normalized spacial score (nSPS) is 21.5. The quantitative estimate of drug-likeness (QED) is 0.210. The van der Waals surface area contributed by atoms with Crippen molar-refractivity contribution in [3.05, 3.63) is 75.8 Å². The van der Waals surface area contributed by atoms with Crippen LogP contribution in [0.2, 0.25) is 0 Å². The van der Waals surface area contributed by atoms with Crippen molar-refractivity contribution < 1.29 is 34.1 Å². The number of aromatic amines is 1. The molecule has 1 fully saturated rings. The molecule has 216 valence electrons. The SMILES string of the molecule is CC(=O)c1c(O)c(C)c(O)c2c1OC1=CC(=O)/C(=C(/C)NC3CCN(C(=O)c4cc5ccccc5[nH]4)CC3)C(=O)[C@]12C. The molecule has 3 aromatic rings. The Kier molecular flexibility index (Phi) is 6.25. The first-order chi connectivity index (χ1) is 19.9. The maximum absolute atomic E-state index is 14.0. The molecule has 0 unspecified atom stereocenters. The van der Waals surface area contributed by atoms with Crippen molar-refractivity contribution in [2.24, 2.45) is 0 Å². The van der Waals surface area contributed by atoms with E-state index in [9.17, 15) is 29.4 Å². The Bertz CT molecular complexity index is 1760. The molecule has 4 N–H and O–H groups in total. The van der Waals surface area contributed by atoms with E-state index in [0.29, 0.717) is 37.3 Å². The molecule has 3 heterocycles. The number of nitrogens with zero attached hydrogens (tertiary/aromatic N) is 1. The molecule has 0 bridgehead atoms. The summed E-state index contributed by atoms with van der Waals surface area (Å²) in [4.78, 5) is 57.7. The number of H-pyrrole nitrogens is 1. The number of ether oxygens (including phenoxy) is 1. The molecule has 1 aliphatic carbocycles. The van der Waals surface area contributed by atoms with Gasteiger partial charge in [-0.15, -0.1) is 0 Å². The molecule has 0 spiro atoms. The smallest absolute Gasteiger partial charge is 0.270 e. The van der Waals surface area contributed by atoms with Crippen molar-refractivity contribution in [1.82, 2.24) is 15.2 Å².